The van der Waals surface area contributed by atoms with Gasteiger partial charge in [-0.3, -0.25) is 14.4 Å². The lowest BCUT2D eigenvalue weighted by atomic mass is 9.83. The number of aromatic amines is 1. The lowest BCUT2D eigenvalue weighted by Crippen LogP contribution is -2.48. The van der Waals surface area contributed by atoms with Crippen molar-refractivity contribution in [2.45, 2.75) is 18.9 Å². The van der Waals surface area contributed by atoms with Crippen molar-refractivity contribution >= 4 is 16.8 Å². The van der Waals surface area contributed by atoms with Gasteiger partial charge >= 0.3 is 0 Å². The van der Waals surface area contributed by atoms with E-state index >= 15 is 0 Å². The van der Waals surface area contributed by atoms with Gasteiger partial charge in [-0.25, -0.2) is 0 Å². The number of carbonyl (C=O) groups is 1. The Balaban J connectivity index is 1.25. The van der Waals surface area contributed by atoms with Crippen molar-refractivity contribution in [1.82, 2.24) is 19.8 Å². The second-order valence-electron chi connectivity index (χ2n) is 8.31. The SMILES string of the molecule is O=C(NCCN1C[C@H]2C[C@@H](C1)c1cccc(=O)n1C2)c1cc(=O)[nH]c2ccccc12. The molecular weight excluding hydrogens is 380 g/mol. The van der Waals surface area contributed by atoms with E-state index in [9.17, 15) is 14.4 Å². The molecule has 154 valence electrons. The van der Waals surface area contributed by atoms with E-state index in [2.05, 4.69) is 21.3 Å². The fourth-order valence-corrected chi connectivity index (χ4v) is 4.99. The van der Waals surface area contributed by atoms with Gasteiger partial charge in [-0.05, 0) is 24.5 Å². The number of aromatic nitrogens is 2. The van der Waals surface area contributed by atoms with Crippen LogP contribution < -0.4 is 16.4 Å². The molecule has 3 aromatic rings. The topological polar surface area (TPSA) is 87.2 Å². The van der Waals surface area contributed by atoms with Crippen molar-refractivity contribution in [3.05, 3.63) is 80.5 Å². The van der Waals surface area contributed by atoms with Gasteiger partial charge in [-0.15, -0.1) is 0 Å². The zero-order chi connectivity index (χ0) is 20.7. The maximum atomic E-state index is 12.7. The number of likely N-dealkylation sites (tertiary alicyclic amines) is 1. The van der Waals surface area contributed by atoms with E-state index in [1.54, 1.807) is 12.1 Å². The number of benzene rings is 1. The van der Waals surface area contributed by atoms with Gasteiger partial charge in [0.05, 0.1) is 5.56 Å². The number of hydrogen-bond donors (Lipinski definition) is 2. The standard InChI is InChI=1S/C23H24N4O3/c28-21-11-18(17-4-1-2-5-19(17)25-21)23(30)24-8-9-26-12-15-10-16(14-26)20-6-3-7-22(29)27(20)13-15/h1-7,11,15-16H,8-10,12-14H2,(H,24,30)(H,25,28)/t15-,16+/m1/s1. The number of fused-ring (bicyclic) bond motifs is 5. The first-order valence-corrected chi connectivity index (χ1v) is 10.4. The van der Waals surface area contributed by atoms with Crippen molar-refractivity contribution in [3.63, 3.8) is 0 Å². The third kappa shape index (κ3) is 3.45. The molecule has 4 heterocycles. The van der Waals surface area contributed by atoms with Crippen LogP contribution in [-0.2, 0) is 6.54 Å². The molecule has 1 fully saturated rings. The molecule has 1 amide bonds. The fraction of sp³-hybridized carbons (Fsp3) is 0.348. The molecule has 2 aromatic heterocycles. The number of H-pyrrole nitrogens is 1. The Morgan fingerprint density at radius 2 is 1.93 bits per heavy atom. The van der Waals surface area contributed by atoms with Crippen LogP contribution in [0.1, 0.15) is 28.4 Å². The summed E-state index contributed by atoms with van der Waals surface area (Å²) in [7, 11) is 0. The molecule has 7 nitrogen and oxygen atoms in total. The zero-order valence-electron chi connectivity index (χ0n) is 16.6. The molecule has 1 aromatic carbocycles. The lowest BCUT2D eigenvalue weighted by molar-refractivity contribution is 0.0929. The molecule has 2 aliphatic heterocycles. The van der Waals surface area contributed by atoms with Crippen molar-refractivity contribution in [1.29, 1.82) is 0 Å². The van der Waals surface area contributed by atoms with E-state index in [-0.39, 0.29) is 17.0 Å². The number of nitrogens with one attached hydrogen (secondary N) is 2. The largest absolute Gasteiger partial charge is 0.351 e. The van der Waals surface area contributed by atoms with E-state index < -0.39 is 0 Å². The number of piperidine rings is 1. The first kappa shape index (κ1) is 18.8. The number of hydrogen-bond acceptors (Lipinski definition) is 4. The molecule has 2 bridgehead atoms. The Hall–Kier alpha value is -3.19. The number of rotatable bonds is 4. The molecule has 0 unspecified atom stereocenters. The first-order valence-electron chi connectivity index (χ1n) is 10.4. The molecule has 5 rings (SSSR count). The highest BCUT2D eigenvalue weighted by Crippen LogP contribution is 2.34. The molecule has 0 aliphatic carbocycles. The van der Waals surface area contributed by atoms with Crippen molar-refractivity contribution < 1.29 is 4.79 Å². The molecular formula is C23H24N4O3. The average Bonchev–Trinajstić information content (AvgIpc) is 2.74. The number of para-hydroxylation sites is 1. The van der Waals surface area contributed by atoms with Crippen LogP contribution in [0.2, 0.25) is 0 Å². The highest BCUT2D eigenvalue weighted by atomic mass is 16.2. The fourth-order valence-electron chi connectivity index (χ4n) is 4.99. The van der Waals surface area contributed by atoms with Gasteiger partial charge in [0.2, 0.25) is 5.56 Å². The van der Waals surface area contributed by atoms with E-state index in [1.807, 2.05) is 28.8 Å². The third-order valence-electron chi connectivity index (χ3n) is 6.26. The minimum absolute atomic E-state index is 0.0907. The van der Waals surface area contributed by atoms with Gasteiger partial charge in [0, 0.05) is 67.4 Å². The van der Waals surface area contributed by atoms with Gasteiger partial charge < -0.3 is 19.8 Å². The summed E-state index contributed by atoms with van der Waals surface area (Å²) in [4.78, 5) is 41.9. The summed E-state index contributed by atoms with van der Waals surface area (Å²) in [6, 6.07) is 14.2. The zero-order valence-corrected chi connectivity index (χ0v) is 16.6. The van der Waals surface area contributed by atoms with Crippen LogP contribution in [0.25, 0.3) is 10.9 Å². The van der Waals surface area contributed by atoms with E-state index in [4.69, 9.17) is 0 Å². The Labute approximate surface area is 173 Å². The molecule has 0 radical (unpaired) electrons. The van der Waals surface area contributed by atoms with Gasteiger partial charge in [0.15, 0.2) is 0 Å². The van der Waals surface area contributed by atoms with Crippen LogP contribution in [0.3, 0.4) is 0 Å². The Morgan fingerprint density at radius 1 is 1.07 bits per heavy atom. The summed E-state index contributed by atoms with van der Waals surface area (Å²) in [6.07, 6.45) is 1.12. The highest BCUT2D eigenvalue weighted by molar-refractivity contribution is 6.05. The van der Waals surface area contributed by atoms with Gasteiger partial charge in [-0.1, -0.05) is 24.3 Å². The summed E-state index contributed by atoms with van der Waals surface area (Å²) in [5.74, 6) is 0.591. The lowest BCUT2D eigenvalue weighted by Gasteiger charge is -2.42. The Morgan fingerprint density at radius 3 is 2.83 bits per heavy atom. The molecule has 2 N–H and O–H groups in total. The van der Waals surface area contributed by atoms with Crippen LogP contribution in [0.15, 0.2) is 58.1 Å². The minimum Gasteiger partial charge on any atom is -0.351 e. The Kier molecular flexibility index (Phi) is 4.75. The smallest absolute Gasteiger partial charge is 0.252 e. The monoisotopic (exact) mass is 404 g/mol. The molecule has 7 heteroatoms. The van der Waals surface area contributed by atoms with Gasteiger partial charge in [0.25, 0.3) is 11.5 Å². The van der Waals surface area contributed by atoms with E-state index in [0.717, 1.165) is 43.7 Å². The minimum atomic E-state index is -0.281. The summed E-state index contributed by atoms with van der Waals surface area (Å²) < 4.78 is 1.93. The van der Waals surface area contributed by atoms with Crippen LogP contribution in [0.5, 0.6) is 0 Å². The summed E-state index contributed by atoms with van der Waals surface area (Å²) in [5, 5.41) is 3.71. The maximum absolute atomic E-state index is 12.7. The second kappa shape index (κ2) is 7.57. The average molecular weight is 404 g/mol. The van der Waals surface area contributed by atoms with Crippen LogP contribution in [0, 0.1) is 5.92 Å². The van der Waals surface area contributed by atoms with Gasteiger partial charge in [-0.2, -0.15) is 0 Å². The Bertz CT molecular complexity index is 1230. The second-order valence-corrected chi connectivity index (χ2v) is 8.31. The summed E-state index contributed by atoms with van der Waals surface area (Å²) >= 11 is 0. The highest BCUT2D eigenvalue weighted by Gasteiger charge is 2.34. The number of amides is 1. The predicted octanol–water partition coefficient (Wildman–Crippen LogP) is 1.54. The van der Waals surface area contributed by atoms with Crippen molar-refractivity contribution in [2.75, 3.05) is 26.2 Å². The van der Waals surface area contributed by atoms with E-state index in [0.29, 0.717) is 29.5 Å². The van der Waals surface area contributed by atoms with Crippen LogP contribution in [0.4, 0.5) is 0 Å². The van der Waals surface area contributed by atoms with Gasteiger partial charge in [0.1, 0.15) is 0 Å². The number of pyridine rings is 2. The summed E-state index contributed by atoms with van der Waals surface area (Å²) in [6.45, 7) is 3.86. The molecule has 1 saturated heterocycles. The summed E-state index contributed by atoms with van der Waals surface area (Å²) in [5.41, 5.74) is 2.00. The molecule has 2 aliphatic rings. The van der Waals surface area contributed by atoms with Crippen molar-refractivity contribution in [2.24, 2.45) is 5.92 Å². The van der Waals surface area contributed by atoms with Crippen LogP contribution >= 0.6 is 0 Å². The molecule has 0 spiro atoms. The molecule has 2 atom stereocenters. The third-order valence-corrected chi connectivity index (χ3v) is 6.26. The molecule has 0 saturated carbocycles. The normalized spacial score (nSPS) is 20.7. The van der Waals surface area contributed by atoms with E-state index in [1.165, 1.54) is 6.07 Å². The predicted molar refractivity (Wildman–Crippen MR) is 115 cm³/mol. The van der Waals surface area contributed by atoms with Crippen molar-refractivity contribution in [3.8, 4) is 0 Å². The maximum Gasteiger partial charge on any atom is 0.252 e. The van der Waals surface area contributed by atoms with Crippen LogP contribution in [-0.4, -0.2) is 46.5 Å². The quantitative estimate of drug-likeness (QED) is 0.691. The number of carbonyl (C=O) groups excluding carboxylic acids is 1. The number of nitrogens with zero attached hydrogens (tertiary/aromatic N) is 2. The molecule has 30 heavy (non-hydrogen) atoms. The first-order chi connectivity index (χ1) is 14.6.